The molecule has 0 spiro atoms. The number of nitrogens with zero attached hydrogens (tertiary/aromatic N) is 2. The number of carbonyl (C=O) groups excluding carboxylic acids is 3. The van der Waals surface area contributed by atoms with Gasteiger partial charge in [-0.05, 0) is 18.2 Å². The molecule has 2 aromatic rings. The molecule has 2 heterocycles. The maximum Gasteiger partial charge on any atom is 0.259 e. The van der Waals surface area contributed by atoms with E-state index in [4.69, 9.17) is 26.8 Å². The maximum atomic E-state index is 13.0. The molecule has 140 valence electrons. The van der Waals surface area contributed by atoms with Crippen molar-refractivity contribution in [3.63, 3.8) is 0 Å². The second kappa shape index (κ2) is 7.50. The normalized spacial score (nSPS) is 12.8. The van der Waals surface area contributed by atoms with Crippen molar-refractivity contribution in [2.75, 3.05) is 30.5 Å². The number of hydrogen-bond acceptors (Lipinski definition) is 6. The number of anilines is 2. The van der Waals surface area contributed by atoms with E-state index in [1.165, 1.54) is 36.5 Å². The van der Waals surface area contributed by atoms with Crippen LogP contribution in [0.15, 0.2) is 30.6 Å². The second-order valence-corrected chi connectivity index (χ2v) is 5.98. The molecule has 27 heavy (non-hydrogen) atoms. The van der Waals surface area contributed by atoms with Crippen molar-refractivity contribution in [2.45, 2.75) is 0 Å². The van der Waals surface area contributed by atoms with Gasteiger partial charge in [0.1, 0.15) is 6.54 Å². The van der Waals surface area contributed by atoms with Crippen molar-refractivity contribution in [3.8, 4) is 11.5 Å². The molecular weight excluding hydrogens is 376 g/mol. The first-order valence-corrected chi connectivity index (χ1v) is 8.13. The highest BCUT2D eigenvalue weighted by molar-refractivity contribution is 6.33. The third-order valence-corrected chi connectivity index (χ3v) is 4.03. The van der Waals surface area contributed by atoms with Crippen LogP contribution < -0.4 is 25.4 Å². The Morgan fingerprint density at radius 1 is 1.41 bits per heavy atom. The molecule has 0 radical (unpaired) electrons. The Bertz CT molecular complexity index is 934. The highest BCUT2D eigenvalue weighted by Crippen LogP contribution is 2.37. The van der Waals surface area contributed by atoms with Gasteiger partial charge in [0.05, 0.1) is 29.7 Å². The molecule has 0 saturated heterocycles. The Hall–Kier alpha value is -3.33. The maximum absolute atomic E-state index is 13.0. The third kappa shape index (κ3) is 3.77. The van der Waals surface area contributed by atoms with Crippen molar-refractivity contribution in [2.24, 2.45) is 5.73 Å². The van der Waals surface area contributed by atoms with Crippen molar-refractivity contribution >= 4 is 40.7 Å². The molecule has 0 unspecified atom stereocenters. The van der Waals surface area contributed by atoms with Crippen LogP contribution in [0.3, 0.4) is 0 Å². The zero-order chi connectivity index (χ0) is 19.6. The van der Waals surface area contributed by atoms with E-state index >= 15 is 0 Å². The minimum Gasteiger partial charge on any atom is -0.493 e. The molecule has 0 fully saturated rings. The van der Waals surface area contributed by atoms with Crippen LogP contribution in [0.1, 0.15) is 10.4 Å². The largest absolute Gasteiger partial charge is 0.493 e. The van der Waals surface area contributed by atoms with Gasteiger partial charge < -0.3 is 20.5 Å². The van der Waals surface area contributed by atoms with Crippen LogP contribution in [0.5, 0.6) is 11.5 Å². The Kier molecular flexibility index (Phi) is 5.13. The number of primary amides is 1. The summed E-state index contributed by atoms with van der Waals surface area (Å²) < 4.78 is 10.5. The van der Waals surface area contributed by atoms with Gasteiger partial charge in [0.2, 0.25) is 5.91 Å². The molecule has 10 heteroatoms. The van der Waals surface area contributed by atoms with Gasteiger partial charge in [-0.15, -0.1) is 0 Å². The number of hydrogen-bond donors (Lipinski definition) is 2. The van der Waals surface area contributed by atoms with E-state index in [1.54, 1.807) is 6.07 Å². The van der Waals surface area contributed by atoms with Gasteiger partial charge in [0.25, 0.3) is 11.8 Å². The van der Waals surface area contributed by atoms with Gasteiger partial charge in [-0.2, -0.15) is 0 Å². The van der Waals surface area contributed by atoms with Crippen LogP contribution in [0, 0.1) is 0 Å². The number of amides is 3. The van der Waals surface area contributed by atoms with Crippen LogP contribution in [0.2, 0.25) is 5.02 Å². The molecule has 3 rings (SSSR count). The predicted octanol–water partition coefficient (Wildman–Crippen LogP) is 1.21. The highest BCUT2D eigenvalue weighted by atomic mass is 35.5. The number of nitrogens with two attached hydrogens (primary N) is 1. The van der Waals surface area contributed by atoms with Crippen molar-refractivity contribution in [1.29, 1.82) is 0 Å². The summed E-state index contributed by atoms with van der Waals surface area (Å²) in [6.07, 6.45) is 2.98. The lowest BCUT2D eigenvalue weighted by molar-refractivity contribution is -0.120. The van der Waals surface area contributed by atoms with E-state index in [1.807, 2.05) is 0 Å². The lowest BCUT2D eigenvalue weighted by Gasteiger charge is -2.29. The molecule has 3 N–H and O–H groups in total. The van der Waals surface area contributed by atoms with Crippen molar-refractivity contribution < 1.29 is 23.9 Å². The number of nitrogens with one attached hydrogen (secondary N) is 1. The van der Waals surface area contributed by atoms with E-state index < -0.39 is 18.4 Å². The van der Waals surface area contributed by atoms with E-state index in [9.17, 15) is 14.4 Å². The van der Waals surface area contributed by atoms with Gasteiger partial charge in [-0.25, -0.2) is 0 Å². The smallest absolute Gasteiger partial charge is 0.259 e. The van der Waals surface area contributed by atoms with Gasteiger partial charge in [-0.3, -0.25) is 24.3 Å². The molecule has 1 aliphatic rings. The standard InChI is InChI=1S/C17H15ClN4O5/c1-26-13-5-9(4-10(18)16(13)27-8-14(19)23)17(25)22-7-15(24)21-11-6-20-3-2-12(11)22/h2-6H,7-8H2,1H3,(H2,19,23)(H,21,24). The monoisotopic (exact) mass is 390 g/mol. The van der Waals surface area contributed by atoms with Crippen LogP contribution in [0.4, 0.5) is 11.4 Å². The number of pyridine rings is 1. The summed E-state index contributed by atoms with van der Waals surface area (Å²) >= 11 is 6.19. The Labute approximate surface area is 159 Å². The molecule has 3 amide bonds. The SMILES string of the molecule is COc1cc(C(=O)N2CC(=O)Nc3cnccc32)cc(Cl)c1OCC(N)=O. The number of methoxy groups -OCH3 is 1. The molecular formula is C17H15ClN4O5. The Morgan fingerprint density at radius 3 is 2.89 bits per heavy atom. The molecule has 1 aromatic carbocycles. The molecule has 0 aliphatic carbocycles. The summed E-state index contributed by atoms with van der Waals surface area (Å²) in [6, 6.07) is 4.41. The van der Waals surface area contributed by atoms with E-state index in [0.29, 0.717) is 11.4 Å². The van der Waals surface area contributed by atoms with Gasteiger partial charge in [0.15, 0.2) is 18.1 Å². The van der Waals surface area contributed by atoms with Gasteiger partial charge >= 0.3 is 0 Å². The van der Waals surface area contributed by atoms with Crippen LogP contribution in [-0.4, -0.2) is 43.0 Å². The summed E-state index contributed by atoms with van der Waals surface area (Å²) in [4.78, 5) is 41.1. The summed E-state index contributed by atoms with van der Waals surface area (Å²) in [7, 11) is 1.37. The first-order valence-electron chi connectivity index (χ1n) is 7.75. The van der Waals surface area contributed by atoms with Crippen LogP contribution >= 0.6 is 11.6 Å². The number of ether oxygens (including phenoxy) is 2. The lowest BCUT2D eigenvalue weighted by atomic mass is 10.1. The minimum atomic E-state index is -0.683. The number of halogens is 1. The van der Waals surface area contributed by atoms with Gasteiger partial charge in [-0.1, -0.05) is 11.6 Å². The molecule has 9 nitrogen and oxygen atoms in total. The van der Waals surface area contributed by atoms with Crippen molar-refractivity contribution in [3.05, 3.63) is 41.2 Å². The van der Waals surface area contributed by atoms with Crippen LogP contribution in [0.25, 0.3) is 0 Å². The molecule has 1 aromatic heterocycles. The molecule has 0 atom stereocenters. The van der Waals surface area contributed by atoms with Gasteiger partial charge in [0, 0.05) is 11.8 Å². The quantitative estimate of drug-likeness (QED) is 0.790. The zero-order valence-electron chi connectivity index (χ0n) is 14.2. The Morgan fingerprint density at radius 2 is 2.19 bits per heavy atom. The fraction of sp³-hybridized carbons (Fsp3) is 0.176. The number of aromatic nitrogens is 1. The lowest BCUT2D eigenvalue weighted by Crippen LogP contribution is -2.42. The fourth-order valence-corrected chi connectivity index (χ4v) is 2.87. The topological polar surface area (TPSA) is 124 Å². The average Bonchev–Trinajstić information content (AvgIpc) is 2.64. The van der Waals surface area contributed by atoms with E-state index in [2.05, 4.69) is 10.3 Å². The number of carbonyl (C=O) groups is 3. The van der Waals surface area contributed by atoms with Crippen molar-refractivity contribution in [1.82, 2.24) is 4.98 Å². The summed E-state index contributed by atoms with van der Waals surface area (Å²) in [5, 5.41) is 2.72. The van der Waals surface area contributed by atoms with Crippen LogP contribution in [-0.2, 0) is 9.59 Å². The third-order valence-electron chi connectivity index (χ3n) is 3.74. The first kappa shape index (κ1) is 18.5. The second-order valence-electron chi connectivity index (χ2n) is 5.58. The summed E-state index contributed by atoms with van der Waals surface area (Å²) in [5.74, 6) is -1.24. The minimum absolute atomic E-state index is 0.0652. The zero-order valence-corrected chi connectivity index (χ0v) is 14.9. The average molecular weight is 391 g/mol. The number of fused-ring (bicyclic) bond motifs is 1. The predicted molar refractivity (Wildman–Crippen MR) is 97.2 cm³/mol. The fourth-order valence-electron chi connectivity index (χ4n) is 2.60. The molecule has 1 aliphatic heterocycles. The van der Waals surface area contributed by atoms with E-state index in [0.717, 1.165) is 0 Å². The summed E-state index contributed by atoms with van der Waals surface area (Å²) in [5.41, 5.74) is 6.19. The van der Waals surface area contributed by atoms with E-state index in [-0.39, 0.29) is 34.5 Å². The summed E-state index contributed by atoms with van der Waals surface area (Å²) in [6.45, 7) is -0.550. The highest BCUT2D eigenvalue weighted by Gasteiger charge is 2.29. The number of benzene rings is 1. The first-order chi connectivity index (χ1) is 12.9. The molecule has 0 bridgehead atoms. The molecule has 0 saturated carbocycles. The number of rotatable bonds is 5. The Balaban J connectivity index is 1.97.